The molecule has 3 nitrogen and oxygen atoms in total. The number of rotatable bonds is 5. The Labute approximate surface area is 107 Å². The predicted octanol–water partition coefficient (Wildman–Crippen LogP) is 1.91. The summed E-state index contributed by atoms with van der Waals surface area (Å²) in [6.45, 7) is 0.251. The fraction of sp³-hybridized carbons (Fsp3) is 0.200. The molecule has 0 saturated heterocycles. The molecule has 0 aromatic heterocycles. The highest BCUT2D eigenvalue weighted by Crippen LogP contribution is 2.21. The van der Waals surface area contributed by atoms with Crippen LogP contribution in [0.1, 0.15) is 5.56 Å². The molecule has 0 aliphatic heterocycles. The zero-order chi connectivity index (χ0) is 12.8. The van der Waals surface area contributed by atoms with Crippen molar-refractivity contribution >= 4 is 0 Å². The molecule has 2 rings (SSSR count). The van der Waals surface area contributed by atoms with E-state index in [1.807, 2.05) is 60.7 Å². The quantitative estimate of drug-likeness (QED) is 0.843. The third-order valence-electron chi connectivity index (χ3n) is 2.87. The SMILES string of the molecule is NCC(O)(COc1ccccc1)c1ccccc1. The van der Waals surface area contributed by atoms with Gasteiger partial charge in [0.15, 0.2) is 0 Å². The van der Waals surface area contributed by atoms with Gasteiger partial charge in [-0.3, -0.25) is 0 Å². The number of nitrogens with two attached hydrogens (primary N) is 1. The normalized spacial score (nSPS) is 13.9. The molecule has 0 heterocycles. The fourth-order valence-electron chi connectivity index (χ4n) is 1.73. The maximum atomic E-state index is 10.5. The van der Waals surface area contributed by atoms with Crippen molar-refractivity contribution in [1.29, 1.82) is 0 Å². The lowest BCUT2D eigenvalue weighted by Gasteiger charge is -2.27. The summed E-state index contributed by atoms with van der Waals surface area (Å²) in [7, 11) is 0. The first-order valence-electron chi connectivity index (χ1n) is 5.90. The summed E-state index contributed by atoms with van der Waals surface area (Å²) in [6, 6.07) is 18.7. The minimum Gasteiger partial charge on any atom is -0.490 e. The van der Waals surface area contributed by atoms with Gasteiger partial charge in [0.05, 0.1) is 0 Å². The Hall–Kier alpha value is -1.84. The number of benzene rings is 2. The highest BCUT2D eigenvalue weighted by atomic mass is 16.5. The third-order valence-corrected chi connectivity index (χ3v) is 2.87. The van der Waals surface area contributed by atoms with E-state index in [-0.39, 0.29) is 13.2 Å². The summed E-state index contributed by atoms with van der Waals surface area (Å²) >= 11 is 0. The molecule has 18 heavy (non-hydrogen) atoms. The van der Waals surface area contributed by atoms with Gasteiger partial charge in [0.2, 0.25) is 0 Å². The van der Waals surface area contributed by atoms with Gasteiger partial charge in [0, 0.05) is 6.54 Å². The Morgan fingerprint density at radius 2 is 1.50 bits per heavy atom. The van der Waals surface area contributed by atoms with E-state index in [0.717, 1.165) is 11.3 Å². The second kappa shape index (κ2) is 5.67. The number of hydrogen-bond donors (Lipinski definition) is 2. The maximum absolute atomic E-state index is 10.5. The van der Waals surface area contributed by atoms with Gasteiger partial charge in [-0.2, -0.15) is 0 Å². The number of aliphatic hydroxyl groups is 1. The van der Waals surface area contributed by atoms with Crippen LogP contribution in [-0.4, -0.2) is 18.3 Å². The molecule has 0 fully saturated rings. The highest BCUT2D eigenvalue weighted by Gasteiger charge is 2.28. The van der Waals surface area contributed by atoms with Gasteiger partial charge in [-0.05, 0) is 17.7 Å². The lowest BCUT2D eigenvalue weighted by molar-refractivity contribution is -0.00144. The molecule has 0 saturated carbocycles. The van der Waals surface area contributed by atoms with Crippen LogP contribution >= 0.6 is 0 Å². The van der Waals surface area contributed by atoms with Gasteiger partial charge in [-0.25, -0.2) is 0 Å². The van der Waals surface area contributed by atoms with Crippen molar-refractivity contribution in [2.24, 2.45) is 5.73 Å². The van der Waals surface area contributed by atoms with E-state index in [0.29, 0.717) is 0 Å². The van der Waals surface area contributed by atoms with Crippen LogP contribution in [0.15, 0.2) is 60.7 Å². The second-order valence-electron chi connectivity index (χ2n) is 4.20. The fourth-order valence-corrected chi connectivity index (χ4v) is 1.73. The van der Waals surface area contributed by atoms with Crippen LogP contribution < -0.4 is 10.5 Å². The Kier molecular flexibility index (Phi) is 3.97. The van der Waals surface area contributed by atoms with E-state index < -0.39 is 5.60 Å². The largest absolute Gasteiger partial charge is 0.490 e. The monoisotopic (exact) mass is 243 g/mol. The summed E-state index contributed by atoms with van der Waals surface area (Å²) in [4.78, 5) is 0. The number of hydrogen-bond acceptors (Lipinski definition) is 3. The molecule has 3 N–H and O–H groups in total. The summed E-state index contributed by atoms with van der Waals surface area (Å²) < 4.78 is 5.59. The van der Waals surface area contributed by atoms with Crippen molar-refractivity contribution in [3.8, 4) is 5.75 Å². The molecule has 0 aliphatic rings. The van der Waals surface area contributed by atoms with Crippen LogP contribution in [0.3, 0.4) is 0 Å². The van der Waals surface area contributed by atoms with Crippen LogP contribution in [0.2, 0.25) is 0 Å². The van der Waals surface area contributed by atoms with Crippen LogP contribution in [0.5, 0.6) is 5.75 Å². The molecule has 0 radical (unpaired) electrons. The summed E-state index contributed by atoms with van der Waals surface area (Å²) in [5.74, 6) is 0.723. The first-order valence-corrected chi connectivity index (χ1v) is 5.90. The van der Waals surface area contributed by atoms with E-state index in [9.17, 15) is 5.11 Å². The molecule has 2 aromatic carbocycles. The first kappa shape index (κ1) is 12.6. The van der Waals surface area contributed by atoms with E-state index in [2.05, 4.69) is 0 Å². The first-order chi connectivity index (χ1) is 8.74. The second-order valence-corrected chi connectivity index (χ2v) is 4.20. The van der Waals surface area contributed by atoms with Crippen molar-refractivity contribution in [1.82, 2.24) is 0 Å². The van der Waals surface area contributed by atoms with Gasteiger partial charge >= 0.3 is 0 Å². The Morgan fingerprint density at radius 1 is 0.944 bits per heavy atom. The van der Waals surface area contributed by atoms with Gasteiger partial charge in [0.1, 0.15) is 18.0 Å². The number of ether oxygens (including phenoxy) is 1. The van der Waals surface area contributed by atoms with Gasteiger partial charge in [0.25, 0.3) is 0 Å². The van der Waals surface area contributed by atoms with Crippen molar-refractivity contribution in [2.75, 3.05) is 13.2 Å². The van der Waals surface area contributed by atoms with Crippen LogP contribution in [0.4, 0.5) is 0 Å². The molecule has 0 bridgehead atoms. The van der Waals surface area contributed by atoms with E-state index in [4.69, 9.17) is 10.5 Å². The van der Waals surface area contributed by atoms with Gasteiger partial charge < -0.3 is 15.6 Å². The van der Waals surface area contributed by atoms with E-state index in [1.165, 1.54) is 0 Å². The summed E-state index contributed by atoms with van der Waals surface area (Å²) in [6.07, 6.45) is 0. The molecule has 2 aromatic rings. The molecule has 1 unspecified atom stereocenters. The van der Waals surface area contributed by atoms with Crippen molar-refractivity contribution < 1.29 is 9.84 Å². The van der Waals surface area contributed by atoms with Crippen LogP contribution in [0.25, 0.3) is 0 Å². The zero-order valence-corrected chi connectivity index (χ0v) is 10.1. The minimum absolute atomic E-state index is 0.115. The number of para-hydroxylation sites is 1. The third kappa shape index (κ3) is 2.88. The topological polar surface area (TPSA) is 55.5 Å². The molecular formula is C15H17NO2. The zero-order valence-electron chi connectivity index (χ0n) is 10.1. The Morgan fingerprint density at radius 3 is 2.06 bits per heavy atom. The smallest absolute Gasteiger partial charge is 0.136 e. The minimum atomic E-state index is -1.16. The standard InChI is InChI=1S/C15H17NO2/c16-11-15(17,13-7-3-1-4-8-13)12-18-14-9-5-2-6-10-14/h1-10,17H,11-12,16H2. The molecule has 0 spiro atoms. The van der Waals surface area contributed by atoms with Crippen molar-refractivity contribution in [3.05, 3.63) is 66.2 Å². The Balaban J connectivity index is 2.10. The molecule has 0 amide bonds. The lowest BCUT2D eigenvalue weighted by atomic mass is 9.95. The summed E-state index contributed by atoms with van der Waals surface area (Å²) in [5.41, 5.74) is 5.28. The summed E-state index contributed by atoms with van der Waals surface area (Å²) in [5, 5.41) is 10.5. The van der Waals surface area contributed by atoms with E-state index in [1.54, 1.807) is 0 Å². The van der Waals surface area contributed by atoms with Crippen molar-refractivity contribution in [3.63, 3.8) is 0 Å². The van der Waals surface area contributed by atoms with Gasteiger partial charge in [-0.15, -0.1) is 0 Å². The molecular weight excluding hydrogens is 226 g/mol. The van der Waals surface area contributed by atoms with Crippen LogP contribution in [0, 0.1) is 0 Å². The average molecular weight is 243 g/mol. The highest BCUT2D eigenvalue weighted by molar-refractivity contribution is 5.25. The predicted molar refractivity (Wildman–Crippen MR) is 71.3 cm³/mol. The lowest BCUT2D eigenvalue weighted by Crippen LogP contribution is -2.40. The van der Waals surface area contributed by atoms with Crippen LogP contribution in [-0.2, 0) is 5.60 Å². The Bertz CT molecular complexity index is 472. The van der Waals surface area contributed by atoms with Crippen molar-refractivity contribution in [2.45, 2.75) is 5.60 Å². The average Bonchev–Trinajstić information content (AvgIpc) is 2.47. The maximum Gasteiger partial charge on any atom is 0.136 e. The molecule has 3 heteroatoms. The van der Waals surface area contributed by atoms with E-state index >= 15 is 0 Å². The van der Waals surface area contributed by atoms with Gasteiger partial charge in [-0.1, -0.05) is 48.5 Å². The molecule has 1 atom stereocenters. The molecule has 94 valence electrons. The molecule has 0 aliphatic carbocycles.